The summed E-state index contributed by atoms with van der Waals surface area (Å²) in [6.45, 7) is 7.93. The normalized spacial score (nSPS) is 11.3. The van der Waals surface area contributed by atoms with Crippen molar-refractivity contribution in [2.75, 3.05) is 22.4 Å². The van der Waals surface area contributed by atoms with Crippen LogP contribution in [0.15, 0.2) is 36.4 Å². The molecule has 0 saturated heterocycles. The number of carbonyl (C=O) groups excluding carboxylic acids is 1. The van der Waals surface area contributed by atoms with Gasteiger partial charge in [-0.15, -0.1) is 0 Å². The van der Waals surface area contributed by atoms with Crippen LogP contribution < -0.4 is 9.62 Å². The Bertz CT molecular complexity index is 936. The Labute approximate surface area is 162 Å². The van der Waals surface area contributed by atoms with Gasteiger partial charge >= 0.3 is 0 Å². The zero-order chi connectivity index (χ0) is 20.2. The summed E-state index contributed by atoms with van der Waals surface area (Å²) in [6, 6.07) is 11.5. The second kappa shape index (κ2) is 8.57. The second-order valence-electron chi connectivity index (χ2n) is 6.82. The number of nitrogens with one attached hydrogen (secondary N) is 1. The fourth-order valence-electron chi connectivity index (χ4n) is 3.11. The first-order chi connectivity index (χ1) is 12.6. The van der Waals surface area contributed by atoms with Gasteiger partial charge in [0.2, 0.25) is 15.9 Å². The molecule has 0 saturated carbocycles. The molecule has 5 nitrogen and oxygen atoms in total. The first-order valence-corrected chi connectivity index (χ1v) is 10.9. The van der Waals surface area contributed by atoms with Crippen molar-refractivity contribution >= 4 is 27.3 Å². The van der Waals surface area contributed by atoms with E-state index < -0.39 is 10.0 Å². The molecule has 2 aromatic carbocycles. The molecule has 2 aromatic rings. The SMILES string of the molecule is CCc1cccc(C)c1N(CCC(=O)Nc1cccc(C)c1C)S(C)(=O)=O. The van der Waals surface area contributed by atoms with E-state index in [9.17, 15) is 13.2 Å². The number of para-hydroxylation sites is 1. The smallest absolute Gasteiger partial charge is 0.232 e. The van der Waals surface area contributed by atoms with Gasteiger partial charge in [-0.2, -0.15) is 0 Å². The molecule has 6 heteroatoms. The standard InChI is InChI=1S/C21H28N2O3S/c1-6-18-11-7-10-16(3)21(18)23(27(5,25)26)14-13-20(24)22-19-12-8-9-15(2)17(19)4/h7-12H,6,13-14H2,1-5H3,(H,22,24). The van der Waals surface area contributed by atoms with Crippen LogP contribution in [0.3, 0.4) is 0 Å². The summed E-state index contributed by atoms with van der Waals surface area (Å²) in [7, 11) is -3.50. The molecule has 27 heavy (non-hydrogen) atoms. The van der Waals surface area contributed by atoms with Crippen molar-refractivity contribution < 1.29 is 13.2 Å². The molecule has 0 aromatic heterocycles. The highest BCUT2D eigenvalue weighted by atomic mass is 32.2. The van der Waals surface area contributed by atoms with Gasteiger partial charge in [0.05, 0.1) is 11.9 Å². The Morgan fingerprint density at radius 3 is 2.30 bits per heavy atom. The van der Waals surface area contributed by atoms with E-state index in [1.54, 1.807) is 0 Å². The first kappa shape index (κ1) is 21.0. The molecule has 0 aliphatic rings. The van der Waals surface area contributed by atoms with Crippen LogP contribution in [-0.2, 0) is 21.2 Å². The van der Waals surface area contributed by atoms with Crippen LogP contribution >= 0.6 is 0 Å². The van der Waals surface area contributed by atoms with Crippen molar-refractivity contribution in [3.05, 3.63) is 58.7 Å². The zero-order valence-corrected chi connectivity index (χ0v) is 17.5. The number of anilines is 2. The summed E-state index contributed by atoms with van der Waals surface area (Å²) in [6.07, 6.45) is 1.98. The highest BCUT2D eigenvalue weighted by Gasteiger charge is 2.22. The fourth-order valence-corrected chi connectivity index (χ4v) is 4.12. The number of carbonyl (C=O) groups is 1. The Morgan fingerprint density at radius 2 is 1.67 bits per heavy atom. The van der Waals surface area contributed by atoms with Crippen molar-refractivity contribution in [2.45, 2.75) is 40.5 Å². The lowest BCUT2D eigenvalue weighted by atomic mass is 10.1. The van der Waals surface area contributed by atoms with Crippen molar-refractivity contribution in [2.24, 2.45) is 0 Å². The lowest BCUT2D eigenvalue weighted by molar-refractivity contribution is -0.116. The van der Waals surface area contributed by atoms with Crippen LogP contribution in [0.5, 0.6) is 0 Å². The third-order valence-electron chi connectivity index (χ3n) is 4.77. The minimum Gasteiger partial charge on any atom is -0.326 e. The van der Waals surface area contributed by atoms with E-state index in [1.165, 1.54) is 10.6 Å². The number of nitrogens with zero attached hydrogens (tertiary/aromatic N) is 1. The topological polar surface area (TPSA) is 66.5 Å². The van der Waals surface area contributed by atoms with E-state index in [0.717, 1.165) is 34.4 Å². The van der Waals surface area contributed by atoms with Crippen molar-refractivity contribution in [1.29, 1.82) is 0 Å². The van der Waals surface area contributed by atoms with Crippen LogP contribution in [0, 0.1) is 20.8 Å². The van der Waals surface area contributed by atoms with E-state index in [4.69, 9.17) is 0 Å². The van der Waals surface area contributed by atoms with Crippen LogP contribution in [0.1, 0.15) is 35.6 Å². The Morgan fingerprint density at radius 1 is 1.04 bits per heavy atom. The maximum absolute atomic E-state index is 12.4. The van der Waals surface area contributed by atoms with E-state index in [0.29, 0.717) is 5.69 Å². The van der Waals surface area contributed by atoms with Crippen molar-refractivity contribution in [3.8, 4) is 0 Å². The largest absolute Gasteiger partial charge is 0.326 e. The van der Waals surface area contributed by atoms with Crippen LogP contribution in [0.25, 0.3) is 0 Å². The molecule has 0 radical (unpaired) electrons. The third kappa shape index (κ3) is 5.10. The average molecular weight is 389 g/mol. The molecular formula is C21H28N2O3S. The number of sulfonamides is 1. The molecule has 0 atom stereocenters. The monoisotopic (exact) mass is 388 g/mol. The van der Waals surface area contributed by atoms with E-state index in [2.05, 4.69) is 5.32 Å². The summed E-state index contributed by atoms with van der Waals surface area (Å²) < 4.78 is 26.2. The number of hydrogen-bond donors (Lipinski definition) is 1. The number of rotatable bonds is 7. The Balaban J connectivity index is 2.22. The molecule has 0 fully saturated rings. The van der Waals surface area contributed by atoms with Crippen LogP contribution in [0.2, 0.25) is 0 Å². The van der Waals surface area contributed by atoms with Crippen molar-refractivity contribution in [1.82, 2.24) is 0 Å². The van der Waals surface area contributed by atoms with E-state index in [1.807, 2.05) is 64.1 Å². The predicted octanol–water partition coefficient (Wildman–Crippen LogP) is 3.97. The number of aryl methyl sites for hydroxylation is 3. The summed E-state index contributed by atoms with van der Waals surface area (Å²) >= 11 is 0. The Kier molecular flexibility index (Phi) is 6.65. The highest BCUT2D eigenvalue weighted by molar-refractivity contribution is 7.92. The number of hydrogen-bond acceptors (Lipinski definition) is 3. The van der Waals surface area contributed by atoms with Gasteiger partial charge in [-0.3, -0.25) is 9.10 Å². The van der Waals surface area contributed by atoms with Gasteiger partial charge < -0.3 is 5.32 Å². The fraction of sp³-hybridized carbons (Fsp3) is 0.381. The minimum atomic E-state index is -3.50. The molecule has 2 rings (SSSR count). The van der Waals surface area contributed by atoms with Gasteiger partial charge in [-0.25, -0.2) is 8.42 Å². The van der Waals surface area contributed by atoms with Gasteiger partial charge in [-0.1, -0.05) is 37.3 Å². The molecule has 146 valence electrons. The molecular weight excluding hydrogens is 360 g/mol. The number of benzene rings is 2. The summed E-state index contributed by atoms with van der Waals surface area (Å²) in [5.74, 6) is -0.205. The number of amides is 1. The van der Waals surface area contributed by atoms with Crippen LogP contribution in [0.4, 0.5) is 11.4 Å². The van der Waals surface area contributed by atoms with E-state index in [-0.39, 0.29) is 18.9 Å². The van der Waals surface area contributed by atoms with Gasteiger partial charge in [0.1, 0.15) is 0 Å². The molecule has 0 unspecified atom stereocenters. The lowest BCUT2D eigenvalue weighted by Gasteiger charge is -2.26. The quantitative estimate of drug-likeness (QED) is 0.780. The minimum absolute atomic E-state index is 0.0813. The van der Waals surface area contributed by atoms with E-state index >= 15 is 0 Å². The second-order valence-corrected chi connectivity index (χ2v) is 8.72. The lowest BCUT2D eigenvalue weighted by Crippen LogP contribution is -2.34. The van der Waals surface area contributed by atoms with Gasteiger partial charge in [0, 0.05) is 18.7 Å². The first-order valence-electron chi connectivity index (χ1n) is 9.07. The van der Waals surface area contributed by atoms with Gasteiger partial charge in [0.15, 0.2) is 0 Å². The Hall–Kier alpha value is -2.34. The summed E-state index contributed by atoms with van der Waals surface area (Å²) in [5.41, 5.74) is 5.39. The maximum atomic E-state index is 12.4. The summed E-state index contributed by atoms with van der Waals surface area (Å²) in [4.78, 5) is 12.4. The van der Waals surface area contributed by atoms with Crippen molar-refractivity contribution in [3.63, 3.8) is 0 Å². The summed E-state index contributed by atoms with van der Waals surface area (Å²) in [5, 5.41) is 2.89. The van der Waals surface area contributed by atoms with Gasteiger partial charge in [-0.05, 0) is 55.5 Å². The average Bonchev–Trinajstić information content (AvgIpc) is 2.59. The third-order valence-corrected chi connectivity index (χ3v) is 5.94. The molecule has 0 spiro atoms. The van der Waals surface area contributed by atoms with Gasteiger partial charge in [0.25, 0.3) is 0 Å². The molecule has 0 aliphatic heterocycles. The highest BCUT2D eigenvalue weighted by Crippen LogP contribution is 2.28. The molecule has 0 aliphatic carbocycles. The molecule has 0 bridgehead atoms. The maximum Gasteiger partial charge on any atom is 0.232 e. The zero-order valence-electron chi connectivity index (χ0n) is 16.7. The molecule has 1 N–H and O–H groups in total. The predicted molar refractivity (Wildman–Crippen MR) is 112 cm³/mol. The van der Waals surface area contributed by atoms with Crippen LogP contribution in [-0.4, -0.2) is 27.1 Å². The molecule has 1 amide bonds. The molecule has 0 heterocycles.